The van der Waals surface area contributed by atoms with Gasteiger partial charge in [0.2, 0.25) is 0 Å². The number of amides is 1. The summed E-state index contributed by atoms with van der Waals surface area (Å²) in [5, 5.41) is 14.6. The van der Waals surface area contributed by atoms with E-state index in [0.29, 0.717) is 23.6 Å². The van der Waals surface area contributed by atoms with Crippen LogP contribution in [0.25, 0.3) is 0 Å². The molecule has 0 unspecified atom stereocenters. The van der Waals surface area contributed by atoms with Gasteiger partial charge in [0.1, 0.15) is 23.6 Å². The molecule has 0 atom stereocenters. The molecule has 1 aromatic carbocycles. The van der Waals surface area contributed by atoms with Crippen LogP contribution < -0.4 is 10.6 Å². The summed E-state index contributed by atoms with van der Waals surface area (Å²) in [6.45, 7) is 0.454. The maximum absolute atomic E-state index is 12.3. The third-order valence-corrected chi connectivity index (χ3v) is 3.17. The highest BCUT2D eigenvalue weighted by molar-refractivity contribution is 6.03. The van der Waals surface area contributed by atoms with Crippen LogP contribution >= 0.6 is 0 Å². The average molecular weight is 319 g/mol. The third-order valence-electron chi connectivity index (χ3n) is 3.17. The van der Waals surface area contributed by atoms with Gasteiger partial charge in [0.25, 0.3) is 5.91 Å². The standard InChI is InChI=1S/C17H13N5O2/c18-9-12-3-1-4-13(7-12)22-17(23)15-8-16(21-11-20-15)19-10-14-5-2-6-24-14/h1-8,11H,10H2,(H,22,23)(H,19,20,21). The Hall–Kier alpha value is -3.66. The third kappa shape index (κ3) is 3.75. The molecule has 0 saturated heterocycles. The lowest BCUT2D eigenvalue weighted by Crippen LogP contribution is -2.14. The van der Waals surface area contributed by atoms with Crippen molar-refractivity contribution in [2.45, 2.75) is 6.54 Å². The fourth-order valence-corrected chi connectivity index (χ4v) is 2.03. The molecule has 3 rings (SSSR count). The number of aromatic nitrogens is 2. The van der Waals surface area contributed by atoms with E-state index in [2.05, 4.69) is 20.6 Å². The topological polar surface area (TPSA) is 104 Å². The van der Waals surface area contributed by atoms with Crippen LogP contribution in [-0.4, -0.2) is 15.9 Å². The van der Waals surface area contributed by atoms with Crippen molar-refractivity contribution in [1.82, 2.24) is 9.97 Å². The lowest BCUT2D eigenvalue weighted by molar-refractivity contribution is 0.102. The molecule has 2 N–H and O–H groups in total. The second-order valence-corrected chi connectivity index (χ2v) is 4.87. The summed E-state index contributed by atoms with van der Waals surface area (Å²) in [4.78, 5) is 20.3. The van der Waals surface area contributed by atoms with Crippen LogP contribution in [0.3, 0.4) is 0 Å². The van der Waals surface area contributed by atoms with Gasteiger partial charge in [0.15, 0.2) is 0 Å². The number of benzene rings is 1. The van der Waals surface area contributed by atoms with Gasteiger partial charge in [-0.05, 0) is 30.3 Å². The first-order valence-corrected chi connectivity index (χ1v) is 7.14. The molecule has 3 aromatic rings. The van der Waals surface area contributed by atoms with Crippen molar-refractivity contribution >= 4 is 17.4 Å². The Morgan fingerprint density at radius 1 is 1.21 bits per heavy atom. The molecule has 0 saturated carbocycles. The van der Waals surface area contributed by atoms with Gasteiger partial charge < -0.3 is 15.1 Å². The van der Waals surface area contributed by atoms with Crippen molar-refractivity contribution in [2.75, 3.05) is 10.6 Å². The summed E-state index contributed by atoms with van der Waals surface area (Å²) in [6.07, 6.45) is 2.90. The molecule has 7 heteroatoms. The lowest BCUT2D eigenvalue weighted by Gasteiger charge is -2.07. The van der Waals surface area contributed by atoms with E-state index in [4.69, 9.17) is 9.68 Å². The van der Waals surface area contributed by atoms with E-state index in [1.54, 1.807) is 42.7 Å². The Kier molecular flexibility index (Phi) is 4.49. The fourth-order valence-electron chi connectivity index (χ4n) is 2.03. The number of nitriles is 1. The van der Waals surface area contributed by atoms with Crippen LogP contribution in [0.15, 0.2) is 59.5 Å². The molecule has 0 aliphatic rings. The van der Waals surface area contributed by atoms with Gasteiger partial charge in [0.05, 0.1) is 24.4 Å². The molecule has 0 spiro atoms. The van der Waals surface area contributed by atoms with Gasteiger partial charge in [-0.2, -0.15) is 5.26 Å². The second kappa shape index (κ2) is 7.07. The first kappa shape index (κ1) is 15.2. The number of carbonyl (C=O) groups excluding carboxylic acids is 1. The Bertz CT molecular complexity index is 884. The maximum Gasteiger partial charge on any atom is 0.274 e. The summed E-state index contributed by atoms with van der Waals surface area (Å²) < 4.78 is 5.22. The zero-order valence-electron chi connectivity index (χ0n) is 12.6. The number of nitrogens with zero attached hydrogens (tertiary/aromatic N) is 3. The number of rotatable bonds is 5. The molecule has 7 nitrogen and oxygen atoms in total. The van der Waals surface area contributed by atoms with Gasteiger partial charge in [-0.1, -0.05) is 6.07 Å². The van der Waals surface area contributed by atoms with Crippen molar-refractivity contribution in [3.63, 3.8) is 0 Å². The minimum absolute atomic E-state index is 0.217. The van der Waals surface area contributed by atoms with Crippen molar-refractivity contribution in [3.05, 3.63) is 72.1 Å². The van der Waals surface area contributed by atoms with Crippen LogP contribution in [0.1, 0.15) is 21.8 Å². The lowest BCUT2D eigenvalue weighted by atomic mass is 10.2. The molecule has 2 heterocycles. The van der Waals surface area contributed by atoms with Crippen molar-refractivity contribution in [1.29, 1.82) is 5.26 Å². The molecule has 1 amide bonds. The normalized spacial score (nSPS) is 9.96. The van der Waals surface area contributed by atoms with Crippen LogP contribution in [0, 0.1) is 11.3 Å². The highest BCUT2D eigenvalue weighted by Gasteiger charge is 2.10. The SMILES string of the molecule is N#Cc1cccc(NC(=O)c2cc(NCc3ccco3)ncn2)c1. The molecule has 24 heavy (non-hydrogen) atoms. The Morgan fingerprint density at radius 2 is 2.12 bits per heavy atom. The van der Waals surface area contributed by atoms with Crippen molar-refractivity contribution in [2.24, 2.45) is 0 Å². The molecule has 0 bridgehead atoms. The zero-order valence-corrected chi connectivity index (χ0v) is 12.6. The molecular formula is C17H13N5O2. The molecule has 118 valence electrons. The van der Waals surface area contributed by atoms with Crippen LogP contribution in [0.2, 0.25) is 0 Å². The predicted octanol–water partition coefficient (Wildman–Crippen LogP) is 2.81. The number of hydrogen-bond acceptors (Lipinski definition) is 6. The van der Waals surface area contributed by atoms with E-state index in [1.165, 1.54) is 6.33 Å². The van der Waals surface area contributed by atoms with E-state index >= 15 is 0 Å². The largest absolute Gasteiger partial charge is 0.467 e. The number of furan rings is 1. The molecule has 0 radical (unpaired) electrons. The summed E-state index contributed by atoms with van der Waals surface area (Å²) in [6, 6.07) is 13.9. The van der Waals surface area contributed by atoms with E-state index in [0.717, 1.165) is 5.76 Å². The van der Waals surface area contributed by atoms with Gasteiger partial charge in [-0.25, -0.2) is 9.97 Å². The molecule has 0 aliphatic heterocycles. The summed E-state index contributed by atoms with van der Waals surface area (Å²) in [5.41, 5.74) is 1.22. The molecule has 0 aliphatic carbocycles. The second-order valence-electron chi connectivity index (χ2n) is 4.87. The van der Waals surface area contributed by atoms with Gasteiger partial charge in [-0.3, -0.25) is 4.79 Å². The van der Waals surface area contributed by atoms with Gasteiger partial charge >= 0.3 is 0 Å². The quantitative estimate of drug-likeness (QED) is 0.749. The summed E-state index contributed by atoms with van der Waals surface area (Å²) >= 11 is 0. The van der Waals surface area contributed by atoms with E-state index in [1.807, 2.05) is 12.1 Å². The first-order chi connectivity index (χ1) is 11.7. The van der Waals surface area contributed by atoms with Crippen molar-refractivity contribution in [3.8, 4) is 6.07 Å². The van der Waals surface area contributed by atoms with E-state index < -0.39 is 0 Å². The number of carbonyl (C=O) groups is 1. The van der Waals surface area contributed by atoms with Crippen LogP contribution in [0.4, 0.5) is 11.5 Å². The maximum atomic E-state index is 12.3. The van der Waals surface area contributed by atoms with Crippen molar-refractivity contribution < 1.29 is 9.21 Å². The highest BCUT2D eigenvalue weighted by Crippen LogP contribution is 2.12. The zero-order chi connectivity index (χ0) is 16.8. The Morgan fingerprint density at radius 3 is 2.92 bits per heavy atom. The first-order valence-electron chi connectivity index (χ1n) is 7.14. The fraction of sp³-hybridized carbons (Fsp3) is 0.0588. The van der Waals surface area contributed by atoms with Gasteiger partial charge in [0, 0.05) is 11.8 Å². The molecule has 2 aromatic heterocycles. The smallest absolute Gasteiger partial charge is 0.274 e. The monoisotopic (exact) mass is 319 g/mol. The van der Waals surface area contributed by atoms with E-state index in [9.17, 15) is 4.79 Å². The molecular weight excluding hydrogens is 306 g/mol. The van der Waals surface area contributed by atoms with Crippen LogP contribution in [0.5, 0.6) is 0 Å². The summed E-state index contributed by atoms with van der Waals surface area (Å²) in [5.74, 6) is 0.888. The number of hydrogen-bond donors (Lipinski definition) is 2. The minimum Gasteiger partial charge on any atom is -0.467 e. The Labute approximate surface area is 138 Å². The number of nitrogens with one attached hydrogen (secondary N) is 2. The highest BCUT2D eigenvalue weighted by atomic mass is 16.3. The number of anilines is 2. The minimum atomic E-state index is -0.381. The average Bonchev–Trinajstić information content (AvgIpc) is 3.14. The Balaban J connectivity index is 1.68. The summed E-state index contributed by atoms with van der Waals surface area (Å²) in [7, 11) is 0. The molecule has 0 fully saturated rings. The van der Waals surface area contributed by atoms with Gasteiger partial charge in [-0.15, -0.1) is 0 Å². The van der Waals surface area contributed by atoms with E-state index in [-0.39, 0.29) is 11.6 Å². The predicted molar refractivity (Wildman–Crippen MR) is 87.2 cm³/mol. The van der Waals surface area contributed by atoms with Crippen LogP contribution in [-0.2, 0) is 6.54 Å².